The third-order valence-corrected chi connectivity index (χ3v) is 5.57. The number of pyridine rings is 1. The van der Waals surface area contributed by atoms with E-state index in [-0.39, 0.29) is 30.5 Å². The number of aryl methyl sites for hydroxylation is 2. The first-order chi connectivity index (χ1) is 14.9. The summed E-state index contributed by atoms with van der Waals surface area (Å²) in [5.74, 6) is -0.327. The van der Waals surface area contributed by atoms with E-state index in [1.54, 1.807) is 21.9 Å². The van der Waals surface area contributed by atoms with Crippen LogP contribution in [0.3, 0.4) is 0 Å². The number of aromatic nitrogens is 1. The fourth-order valence-electron chi connectivity index (χ4n) is 4.01. The first-order valence-corrected chi connectivity index (χ1v) is 10.4. The Kier molecular flexibility index (Phi) is 6.04. The number of nitrogens with one attached hydrogen (secondary N) is 1. The van der Waals surface area contributed by atoms with Gasteiger partial charge in [0.1, 0.15) is 5.82 Å². The maximum Gasteiger partial charge on any atom is 0.320 e. The maximum absolute atomic E-state index is 13.3. The second kappa shape index (κ2) is 8.89. The van der Waals surface area contributed by atoms with Gasteiger partial charge < -0.3 is 19.5 Å². The summed E-state index contributed by atoms with van der Waals surface area (Å²) < 4.78 is 18.7. The molecule has 3 aromatic rings. The summed E-state index contributed by atoms with van der Waals surface area (Å²) in [6.45, 7) is 6.41. The molecule has 1 N–H and O–H groups in total. The van der Waals surface area contributed by atoms with Gasteiger partial charge in [-0.1, -0.05) is 23.8 Å². The summed E-state index contributed by atoms with van der Waals surface area (Å²) in [6, 6.07) is 11.8. The first kappa shape index (κ1) is 21.1. The van der Waals surface area contributed by atoms with Gasteiger partial charge in [0.2, 0.25) is 0 Å². The van der Waals surface area contributed by atoms with E-state index in [1.807, 2.05) is 32.0 Å². The molecule has 0 saturated carbocycles. The van der Waals surface area contributed by atoms with Gasteiger partial charge in [-0.25, -0.2) is 9.18 Å². The molecule has 31 heavy (non-hydrogen) atoms. The fraction of sp³-hybridized carbons (Fsp3) is 0.333. The predicted octanol–water partition coefficient (Wildman–Crippen LogP) is 3.74. The Hall–Kier alpha value is -3.19. The Balaban J connectivity index is 1.67. The average molecular weight is 423 g/mol. The lowest BCUT2D eigenvalue weighted by Crippen LogP contribution is -2.48. The van der Waals surface area contributed by atoms with Crippen LogP contribution in [-0.2, 0) is 17.8 Å². The molecule has 0 unspecified atom stereocenters. The monoisotopic (exact) mass is 423 g/mol. The first-order valence-electron chi connectivity index (χ1n) is 10.4. The Morgan fingerprint density at radius 2 is 1.81 bits per heavy atom. The number of halogens is 1. The molecule has 1 aliphatic heterocycles. The molecule has 1 fully saturated rings. The molecule has 1 saturated heterocycles. The summed E-state index contributed by atoms with van der Waals surface area (Å²) in [6.07, 6.45) is 0. The van der Waals surface area contributed by atoms with Crippen LogP contribution in [0.25, 0.3) is 10.9 Å². The van der Waals surface area contributed by atoms with Crippen LogP contribution < -0.4 is 5.56 Å². The topological polar surface area (TPSA) is 65.6 Å². The van der Waals surface area contributed by atoms with Gasteiger partial charge in [0.05, 0.1) is 25.3 Å². The van der Waals surface area contributed by atoms with E-state index >= 15 is 0 Å². The molecule has 0 spiro atoms. The van der Waals surface area contributed by atoms with Crippen molar-refractivity contribution in [2.75, 3.05) is 26.3 Å². The van der Waals surface area contributed by atoms with Gasteiger partial charge in [-0.15, -0.1) is 0 Å². The number of rotatable bonds is 4. The van der Waals surface area contributed by atoms with Crippen LogP contribution in [0.15, 0.2) is 47.3 Å². The number of H-pyrrole nitrogens is 1. The van der Waals surface area contributed by atoms with Crippen LogP contribution in [-0.4, -0.2) is 47.1 Å². The quantitative estimate of drug-likeness (QED) is 0.695. The van der Waals surface area contributed by atoms with Crippen molar-refractivity contribution in [2.45, 2.75) is 26.9 Å². The number of nitrogens with zero attached hydrogens (tertiary/aromatic N) is 2. The molecule has 7 heteroatoms. The molecule has 1 aliphatic rings. The Labute approximate surface area is 180 Å². The minimum Gasteiger partial charge on any atom is -0.378 e. The van der Waals surface area contributed by atoms with Crippen molar-refractivity contribution in [3.05, 3.63) is 80.9 Å². The fourth-order valence-corrected chi connectivity index (χ4v) is 4.01. The van der Waals surface area contributed by atoms with Crippen molar-refractivity contribution in [1.82, 2.24) is 14.8 Å². The van der Waals surface area contributed by atoms with Gasteiger partial charge in [0.15, 0.2) is 0 Å². The zero-order valence-electron chi connectivity index (χ0n) is 17.8. The zero-order valence-corrected chi connectivity index (χ0v) is 17.8. The normalized spacial score (nSPS) is 14.1. The van der Waals surface area contributed by atoms with Crippen molar-refractivity contribution in [2.24, 2.45) is 0 Å². The van der Waals surface area contributed by atoms with Crippen LogP contribution in [0.1, 0.15) is 22.3 Å². The van der Waals surface area contributed by atoms with Gasteiger partial charge in [-0.05, 0) is 54.6 Å². The summed E-state index contributed by atoms with van der Waals surface area (Å²) in [5.41, 5.74) is 4.03. The maximum atomic E-state index is 13.3. The van der Waals surface area contributed by atoms with E-state index in [0.29, 0.717) is 31.9 Å². The number of carbonyl (C=O) groups excluding carboxylic acids is 1. The van der Waals surface area contributed by atoms with Crippen molar-refractivity contribution in [3.8, 4) is 0 Å². The Bertz CT molecular complexity index is 1150. The molecule has 0 atom stereocenters. The lowest BCUT2D eigenvalue weighted by Gasteiger charge is -2.33. The summed E-state index contributed by atoms with van der Waals surface area (Å²) in [7, 11) is 0. The summed E-state index contributed by atoms with van der Waals surface area (Å²) in [4.78, 5) is 32.4. The smallest absolute Gasteiger partial charge is 0.320 e. The largest absolute Gasteiger partial charge is 0.378 e. The Morgan fingerprint density at radius 1 is 1.10 bits per heavy atom. The Morgan fingerprint density at radius 3 is 2.52 bits per heavy atom. The zero-order chi connectivity index (χ0) is 22.0. The number of carbonyl (C=O) groups is 1. The average Bonchev–Trinajstić information content (AvgIpc) is 2.76. The molecular formula is C24H26FN3O3. The van der Waals surface area contributed by atoms with Crippen molar-refractivity contribution in [3.63, 3.8) is 0 Å². The van der Waals surface area contributed by atoms with Crippen molar-refractivity contribution < 1.29 is 13.9 Å². The van der Waals surface area contributed by atoms with E-state index in [4.69, 9.17) is 4.74 Å². The number of urea groups is 1. The molecule has 0 bridgehead atoms. The van der Waals surface area contributed by atoms with Gasteiger partial charge in [-0.3, -0.25) is 4.79 Å². The van der Waals surface area contributed by atoms with Crippen LogP contribution in [0, 0.1) is 19.7 Å². The third-order valence-electron chi connectivity index (χ3n) is 5.57. The van der Waals surface area contributed by atoms with Crippen LogP contribution in [0.5, 0.6) is 0 Å². The standard InChI is InChI=1S/C24H26FN3O3/c1-16-11-17(2)22-19(12-16)13-20(23(29)26-22)15-28(14-18-3-5-21(25)6-4-18)24(30)27-7-9-31-10-8-27/h3-6,11-13H,7-10,14-15H2,1-2H3,(H,26,29). The third kappa shape index (κ3) is 4.77. The molecule has 1 aromatic heterocycles. The predicted molar refractivity (Wildman–Crippen MR) is 117 cm³/mol. The minimum atomic E-state index is -0.327. The SMILES string of the molecule is Cc1cc(C)c2[nH]c(=O)c(CN(Cc3ccc(F)cc3)C(=O)N3CCOCC3)cc2c1. The number of hydrogen-bond acceptors (Lipinski definition) is 3. The molecule has 2 amide bonds. The molecule has 2 aromatic carbocycles. The highest BCUT2D eigenvalue weighted by atomic mass is 19.1. The van der Waals surface area contributed by atoms with Crippen molar-refractivity contribution >= 4 is 16.9 Å². The van der Waals surface area contributed by atoms with E-state index in [1.165, 1.54) is 12.1 Å². The number of amides is 2. The van der Waals surface area contributed by atoms with Gasteiger partial charge in [0.25, 0.3) is 5.56 Å². The number of hydrogen-bond donors (Lipinski definition) is 1. The lowest BCUT2D eigenvalue weighted by atomic mass is 10.0. The van der Waals surface area contributed by atoms with Crippen LogP contribution in [0.4, 0.5) is 9.18 Å². The summed E-state index contributed by atoms with van der Waals surface area (Å²) >= 11 is 0. The van der Waals surface area contributed by atoms with E-state index in [0.717, 1.165) is 27.6 Å². The number of benzene rings is 2. The highest BCUT2D eigenvalue weighted by molar-refractivity contribution is 5.83. The van der Waals surface area contributed by atoms with Crippen LogP contribution in [0.2, 0.25) is 0 Å². The molecule has 2 heterocycles. The molecule has 4 rings (SSSR count). The van der Waals surface area contributed by atoms with E-state index < -0.39 is 0 Å². The molecule has 0 aliphatic carbocycles. The van der Waals surface area contributed by atoms with Gasteiger partial charge >= 0.3 is 6.03 Å². The molecular weight excluding hydrogens is 397 g/mol. The minimum absolute atomic E-state index is 0.159. The van der Waals surface area contributed by atoms with Gasteiger partial charge in [-0.2, -0.15) is 0 Å². The molecule has 0 radical (unpaired) electrons. The number of aromatic amines is 1. The molecule has 6 nitrogen and oxygen atoms in total. The highest BCUT2D eigenvalue weighted by Crippen LogP contribution is 2.20. The number of morpholine rings is 1. The molecule has 162 valence electrons. The van der Waals surface area contributed by atoms with Crippen molar-refractivity contribution in [1.29, 1.82) is 0 Å². The van der Waals surface area contributed by atoms with E-state index in [9.17, 15) is 14.0 Å². The van der Waals surface area contributed by atoms with Gasteiger partial charge in [0, 0.05) is 25.2 Å². The highest BCUT2D eigenvalue weighted by Gasteiger charge is 2.24. The number of fused-ring (bicyclic) bond motifs is 1. The second-order valence-corrected chi connectivity index (χ2v) is 8.03. The van der Waals surface area contributed by atoms with E-state index in [2.05, 4.69) is 4.98 Å². The number of ether oxygens (including phenoxy) is 1. The van der Waals surface area contributed by atoms with Crippen LogP contribution >= 0.6 is 0 Å². The lowest BCUT2D eigenvalue weighted by molar-refractivity contribution is 0.0418. The summed E-state index contributed by atoms with van der Waals surface area (Å²) in [5, 5.41) is 0.938. The second-order valence-electron chi connectivity index (χ2n) is 8.03.